The Morgan fingerprint density at radius 3 is 2.77 bits per heavy atom. The maximum atomic E-state index is 12.9. The van der Waals surface area contributed by atoms with E-state index in [0.29, 0.717) is 30.0 Å². The summed E-state index contributed by atoms with van der Waals surface area (Å²) in [5.74, 6) is -0.505. The van der Waals surface area contributed by atoms with Crippen LogP contribution in [0.25, 0.3) is 0 Å². The van der Waals surface area contributed by atoms with Crippen molar-refractivity contribution in [1.82, 2.24) is 4.98 Å². The fourth-order valence-corrected chi connectivity index (χ4v) is 4.92. The minimum absolute atomic E-state index is 0.217. The Labute approximate surface area is 186 Å². The quantitative estimate of drug-likeness (QED) is 0.366. The topological polar surface area (TPSA) is 86.8 Å². The Morgan fingerprint density at radius 2 is 2.03 bits per heavy atom. The second-order valence-corrected chi connectivity index (χ2v) is 9.76. The maximum absolute atomic E-state index is 12.9. The van der Waals surface area contributed by atoms with Crippen LogP contribution < -0.4 is 5.32 Å². The van der Waals surface area contributed by atoms with Crippen molar-refractivity contribution in [2.45, 2.75) is 51.7 Å². The zero-order valence-corrected chi connectivity index (χ0v) is 18.9. The number of carbonyl (C=O) groups is 2. The number of anilines is 2. The highest BCUT2D eigenvalue weighted by molar-refractivity contribution is 7.13. The third kappa shape index (κ3) is 4.45. The van der Waals surface area contributed by atoms with Crippen molar-refractivity contribution in [3.8, 4) is 0 Å². The predicted octanol–water partition coefficient (Wildman–Crippen LogP) is 4.41. The molecule has 8 heteroatoms. The molecule has 2 fully saturated rings. The monoisotopic (exact) mass is 444 g/mol. The van der Waals surface area contributed by atoms with Gasteiger partial charge in [0.05, 0.1) is 12.3 Å². The zero-order chi connectivity index (χ0) is 22.1. The maximum Gasteiger partial charge on any atom is 0.324 e. The third-order valence-electron chi connectivity index (χ3n) is 5.80. The van der Waals surface area contributed by atoms with Crippen LogP contribution in [0.4, 0.5) is 10.8 Å². The number of rotatable bonds is 8. The molecular formula is C23H28N2O5S. The summed E-state index contributed by atoms with van der Waals surface area (Å²) in [6.45, 7) is 6.97. The van der Waals surface area contributed by atoms with Gasteiger partial charge in [0.25, 0.3) is 0 Å². The minimum Gasteiger partial charge on any atom is -0.459 e. The van der Waals surface area contributed by atoms with E-state index in [9.17, 15) is 9.59 Å². The van der Waals surface area contributed by atoms with Gasteiger partial charge in [-0.25, -0.2) is 4.98 Å². The molecule has 1 aromatic heterocycles. The van der Waals surface area contributed by atoms with E-state index in [1.807, 2.05) is 35.7 Å². The van der Waals surface area contributed by atoms with Crippen LogP contribution in [0.15, 0.2) is 35.7 Å². The van der Waals surface area contributed by atoms with Crippen molar-refractivity contribution in [3.63, 3.8) is 0 Å². The number of benzene rings is 1. The van der Waals surface area contributed by atoms with Crippen LogP contribution in [0.1, 0.15) is 45.7 Å². The summed E-state index contributed by atoms with van der Waals surface area (Å²) in [6.07, 6.45) is 1.01. The van der Waals surface area contributed by atoms with Gasteiger partial charge in [-0.15, -0.1) is 11.3 Å². The number of thiazole rings is 1. The summed E-state index contributed by atoms with van der Waals surface area (Å²) in [5.41, 5.74) is -0.702. The van der Waals surface area contributed by atoms with Crippen LogP contribution in [0.3, 0.4) is 0 Å². The highest BCUT2D eigenvalue weighted by atomic mass is 32.1. The van der Waals surface area contributed by atoms with E-state index in [2.05, 4.69) is 24.1 Å². The van der Waals surface area contributed by atoms with E-state index < -0.39 is 29.1 Å². The van der Waals surface area contributed by atoms with Gasteiger partial charge < -0.3 is 19.5 Å². The van der Waals surface area contributed by atoms with Crippen molar-refractivity contribution in [2.24, 2.45) is 11.3 Å². The molecular weight excluding hydrogens is 416 g/mol. The van der Waals surface area contributed by atoms with E-state index in [4.69, 9.17) is 14.2 Å². The van der Waals surface area contributed by atoms with Crippen LogP contribution in [-0.4, -0.2) is 36.2 Å². The number of ether oxygens (including phenoxy) is 3. The molecule has 0 amide bonds. The first-order valence-electron chi connectivity index (χ1n) is 10.6. The molecule has 3 heterocycles. The summed E-state index contributed by atoms with van der Waals surface area (Å²) < 4.78 is 16.9. The van der Waals surface area contributed by atoms with Gasteiger partial charge in [0.15, 0.2) is 16.1 Å². The average molecular weight is 445 g/mol. The summed E-state index contributed by atoms with van der Waals surface area (Å²) in [6, 6.07) is 9.72. The Hall–Kier alpha value is -2.45. The lowest BCUT2D eigenvalue weighted by Gasteiger charge is -2.20. The number of hydrogen-bond acceptors (Lipinski definition) is 8. The molecule has 2 aliphatic rings. The largest absolute Gasteiger partial charge is 0.459 e. The third-order valence-corrected chi connectivity index (χ3v) is 6.56. The van der Waals surface area contributed by atoms with Crippen molar-refractivity contribution in [3.05, 3.63) is 41.4 Å². The lowest BCUT2D eigenvalue weighted by Crippen LogP contribution is -2.32. The van der Waals surface area contributed by atoms with Gasteiger partial charge in [0, 0.05) is 30.5 Å². The van der Waals surface area contributed by atoms with Gasteiger partial charge in [0.2, 0.25) is 0 Å². The molecule has 2 aromatic rings. The van der Waals surface area contributed by atoms with Gasteiger partial charge in [-0.05, 0) is 31.4 Å². The molecule has 2 saturated heterocycles. The molecule has 0 aliphatic carbocycles. The van der Waals surface area contributed by atoms with Gasteiger partial charge in [-0.3, -0.25) is 9.59 Å². The zero-order valence-electron chi connectivity index (χ0n) is 18.1. The molecule has 1 aromatic carbocycles. The van der Waals surface area contributed by atoms with E-state index in [1.54, 1.807) is 6.92 Å². The molecule has 166 valence electrons. The summed E-state index contributed by atoms with van der Waals surface area (Å²) in [7, 11) is 0. The molecule has 4 rings (SSSR count). The van der Waals surface area contributed by atoms with Crippen molar-refractivity contribution in [2.75, 3.05) is 18.5 Å². The molecule has 2 aliphatic heterocycles. The summed E-state index contributed by atoms with van der Waals surface area (Å²) >= 11 is 1.43. The number of hydrogen-bond donors (Lipinski definition) is 1. The highest BCUT2D eigenvalue weighted by Gasteiger charge is 2.65. The van der Waals surface area contributed by atoms with E-state index in [-0.39, 0.29) is 12.8 Å². The first-order valence-corrected chi connectivity index (χ1v) is 11.5. The van der Waals surface area contributed by atoms with Gasteiger partial charge in [-0.2, -0.15) is 0 Å². The lowest BCUT2D eigenvalue weighted by atomic mass is 9.78. The number of carbonyl (C=O) groups excluding carboxylic acids is 2. The number of esters is 2. The molecule has 0 saturated carbocycles. The predicted molar refractivity (Wildman–Crippen MR) is 117 cm³/mol. The first kappa shape index (κ1) is 21.8. The lowest BCUT2D eigenvalue weighted by molar-refractivity contribution is -0.160. The van der Waals surface area contributed by atoms with Crippen LogP contribution in [0, 0.1) is 11.3 Å². The second kappa shape index (κ2) is 8.59. The van der Waals surface area contributed by atoms with Crippen molar-refractivity contribution in [1.29, 1.82) is 0 Å². The van der Waals surface area contributed by atoms with Crippen LogP contribution >= 0.6 is 11.3 Å². The highest BCUT2D eigenvalue weighted by Crippen LogP contribution is 2.52. The average Bonchev–Trinajstić information content (AvgIpc) is 3.38. The van der Waals surface area contributed by atoms with Crippen LogP contribution in [-0.2, 0) is 29.4 Å². The molecule has 3 atom stereocenters. The molecule has 1 spiro atoms. The Bertz CT molecular complexity index is 946. The minimum atomic E-state index is -1.28. The molecule has 1 N–H and O–H groups in total. The van der Waals surface area contributed by atoms with E-state index in [1.165, 1.54) is 11.3 Å². The van der Waals surface area contributed by atoms with Gasteiger partial charge in [0.1, 0.15) is 6.10 Å². The molecule has 31 heavy (non-hydrogen) atoms. The van der Waals surface area contributed by atoms with Crippen molar-refractivity contribution >= 4 is 34.1 Å². The van der Waals surface area contributed by atoms with Gasteiger partial charge in [-0.1, -0.05) is 32.0 Å². The summed E-state index contributed by atoms with van der Waals surface area (Å²) in [5, 5.41) is 5.81. The van der Waals surface area contributed by atoms with Crippen LogP contribution in [0.2, 0.25) is 0 Å². The number of nitrogens with one attached hydrogen (secondary N) is 1. The number of cyclic esters (lactones) is 2. The molecule has 0 bridgehead atoms. The van der Waals surface area contributed by atoms with Crippen molar-refractivity contribution < 1.29 is 23.8 Å². The standard InChI is InChI=1S/C23H28N2O5S/c1-15(2)9-10-28-12-17-11-23(19(26)29-17)14-22(3,30-20(23)27)18-13-31-21(25-18)24-16-7-5-4-6-8-16/h4-8,13,15,17H,9-12,14H2,1-3H3,(H,24,25)/t17-,22-,23-/m1/s1. The summed E-state index contributed by atoms with van der Waals surface area (Å²) in [4.78, 5) is 30.2. The first-order chi connectivity index (χ1) is 14.8. The Kier molecular flexibility index (Phi) is 6.03. The number of nitrogens with zero attached hydrogens (tertiary/aromatic N) is 1. The van der Waals surface area contributed by atoms with Crippen LogP contribution in [0.5, 0.6) is 0 Å². The van der Waals surface area contributed by atoms with E-state index >= 15 is 0 Å². The fourth-order valence-electron chi connectivity index (χ4n) is 4.06. The molecule has 7 nitrogen and oxygen atoms in total. The molecule has 0 unspecified atom stereocenters. The molecule has 0 radical (unpaired) electrons. The fraction of sp³-hybridized carbons (Fsp3) is 0.522. The SMILES string of the molecule is CC(C)CCOC[C@H]1C[C@@]2(C[C@](C)(c3csc(Nc4ccccc4)n3)OC2=O)C(=O)O1. The number of aromatic nitrogens is 1. The van der Waals surface area contributed by atoms with Gasteiger partial charge >= 0.3 is 11.9 Å². The number of para-hydroxylation sites is 1. The smallest absolute Gasteiger partial charge is 0.324 e. The van der Waals surface area contributed by atoms with E-state index in [0.717, 1.165) is 12.1 Å². The Balaban J connectivity index is 1.43. The second-order valence-electron chi connectivity index (χ2n) is 8.90. The Morgan fingerprint density at radius 1 is 1.26 bits per heavy atom. The normalized spacial score (nSPS) is 27.7.